The van der Waals surface area contributed by atoms with Crippen molar-refractivity contribution in [3.63, 3.8) is 0 Å². The van der Waals surface area contributed by atoms with E-state index in [1.807, 2.05) is 66.7 Å². The third-order valence-electron chi connectivity index (χ3n) is 5.62. The minimum atomic E-state index is -0.110. The monoisotopic (exact) mass is 406 g/mol. The zero-order valence-corrected chi connectivity index (χ0v) is 17.5. The number of fused-ring (bicyclic) bond motifs is 1. The summed E-state index contributed by atoms with van der Waals surface area (Å²) < 4.78 is 3.45. The lowest BCUT2D eigenvalue weighted by Gasteiger charge is -2.14. The van der Waals surface area contributed by atoms with Gasteiger partial charge in [-0.2, -0.15) is 5.10 Å². The molecule has 0 saturated heterocycles. The molecule has 31 heavy (non-hydrogen) atoms. The van der Waals surface area contributed by atoms with Crippen molar-refractivity contribution in [2.75, 3.05) is 0 Å². The summed E-state index contributed by atoms with van der Waals surface area (Å²) in [6, 6.07) is 25.9. The van der Waals surface area contributed by atoms with Crippen molar-refractivity contribution in [1.82, 2.24) is 19.3 Å². The molecule has 0 radical (unpaired) electrons. The number of hydrogen-bond donors (Lipinski definition) is 0. The molecular weight excluding hydrogens is 384 g/mol. The number of benzene rings is 3. The molecule has 5 aromatic rings. The number of nitrogens with zero attached hydrogens (tertiary/aromatic N) is 4. The SMILES string of the molecule is Cc1ccc(-n2c(Cc3ccccc3)nc3c(cnn3-c3ccccc3)c2=O)cc1C. The molecule has 0 N–H and O–H groups in total. The molecule has 2 heterocycles. The maximum atomic E-state index is 13.7. The molecule has 0 bridgehead atoms. The van der Waals surface area contributed by atoms with Gasteiger partial charge in [-0.1, -0.05) is 54.6 Å². The van der Waals surface area contributed by atoms with Crippen LogP contribution >= 0.6 is 0 Å². The summed E-state index contributed by atoms with van der Waals surface area (Å²) in [5.41, 5.74) is 5.57. The van der Waals surface area contributed by atoms with E-state index >= 15 is 0 Å². The van der Waals surface area contributed by atoms with Gasteiger partial charge < -0.3 is 0 Å². The van der Waals surface area contributed by atoms with Crippen molar-refractivity contribution in [3.8, 4) is 11.4 Å². The molecule has 5 heteroatoms. The van der Waals surface area contributed by atoms with Crippen LogP contribution < -0.4 is 5.56 Å². The molecule has 0 aliphatic carbocycles. The molecule has 0 saturated carbocycles. The van der Waals surface area contributed by atoms with Gasteiger partial charge in [0.2, 0.25) is 0 Å². The van der Waals surface area contributed by atoms with Gasteiger partial charge in [0.05, 0.1) is 17.6 Å². The van der Waals surface area contributed by atoms with Gasteiger partial charge in [0.1, 0.15) is 11.2 Å². The Kier molecular flexibility index (Phi) is 4.71. The van der Waals surface area contributed by atoms with Gasteiger partial charge in [-0.25, -0.2) is 9.67 Å². The number of para-hydroxylation sites is 1. The number of aromatic nitrogens is 4. The van der Waals surface area contributed by atoms with Gasteiger partial charge in [0.15, 0.2) is 5.65 Å². The van der Waals surface area contributed by atoms with E-state index in [0.29, 0.717) is 23.3 Å². The second-order valence-electron chi connectivity index (χ2n) is 7.73. The lowest BCUT2D eigenvalue weighted by molar-refractivity contribution is 0.829. The molecule has 0 unspecified atom stereocenters. The predicted molar refractivity (Wildman–Crippen MR) is 123 cm³/mol. The summed E-state index contributed by atoms with van der Waals surface area (Å²) in [7, 11) is 0. The van der Waals surface area contributed by atoms with Crippen LogP contribution in [0.25, 0.3) is 22.4 Å². The van der Waals surface area contributed by atoms with E-state index in [0.717, 1.165) is 22.5 Å². The molecule has 0 aliphatic rings. The van der Waals surface area contributed by atoms with Crippen molar-refractivity contribution >= 4 is 11.0 Å². The fourth-order valence-electron chi connectivity index (χ4n) is 3.80. The molecule has 0 spiro atoms. The minimum Gasteiger partial charge on any atom is -0.268 e. The van der Waals surface area contributed by atoms with E-state index in [4.69, 9.17) is 4.98 Å². The standard InChI is InChI=1S/C26H22N4O/c1-18-13-14-22(15-19(18)2)29-24(16-20-9-5-3-6-10-20)28-25-23(26(29)31)17-27-30(25)21-11-7-4-8-12-21/h3-15,17H,16H2,1-2H3. The summed E-state index contributed by atoms with van der Waals surface area (Å²) in [5.74, 6) is 0.685. The number of rotatable bonds is 4. The first-order chi connectivity index (χ1) is 15.1. The zero-order valence-electron chi connectivity index (χ0n) is 17.5. The Balaban J connectivity index is 1.78. The first-order valence-electron chi connectivity index (χ1n) is 10.3. The number of aryl methyl sites for hydroxylation is 2. The zero-order chi connectivity index (χ0) is 21.4. The Hall–Kier alpha value is -3.99. The molecule has 0 fully saturated rings. The fourth-order valence-corrected chi connectivity index (χ4v) is 3.80. The van der Waals surface area contributed by atoms with Crippen LogP contribution in [0.3, 0.4) is 0 Å². The third-order valence-corrected chi connectivity index (χ3v) is 5.62. The third kappa shape index (κ3) is 3.44. The molecule has 152 valence electrons. The van der Waals surface area contributed by atoms with Crippen molar-refractivity contribution in [1.29, 1.82) is 0 Å². The van der Waals surface area contributed by atoms with E-state index < -0.39 is 0 Å². The van der Waals surface area contributed by atoms with E-state index in [1.54, 1.807) is 15.4 Å². The molecule has 5 rings (SSSR count). The molecule has 0 aliphatic heterocycles. The van der Waals surface area contributed by atoms with E-state index in [1.165, 1.54) is 5.56 Å². The van der Waals surface area contributed by atoms with Crippen LogP contribution in [-0.4, -0.2) is 19.3 Å². The second-order valence-corrected chi connectivity index (χ2v) is 7.73. The highest BCUT2D eigenvalue weighted by Crippen LogP contribution is 2.20. The van der Waals surface area contributed by atoms with Gasteiger partial charge in [0, 0.05) is 6.42 Å². The Bertz CT molecular complexity index is 1430. The summed E-state index contributed by atoms with van der Waals surface area (Å²) in [6.45, 7) is 4.12. The van der Waals surface area contributed by atoms with Gasteiger partial charge in [-0.05, 0) is 54.8 Å². The molecule has 0 amide bonds. The highest BCUT2D eigenvalue weighted by atomic mass is 16.1. The summed E-state index contributed by atoms with van der Waals surface area (Å²) in [4.78, 5) is 18.6. The first-order valence-corrected chi connectivity index (χ1v) is 10.3. The Morgan fingerprint density at radius 2 is 1.52 bits per heavy atom. The van der Waals surface area contributed by atoms with Crippen molar-refractivity contribution in [3.05, 3.63) is 118 Å². The van der Waals surface area contributed by atoms with Gasteiger partial charge >= 0.3 is 0 Å². The smallest absolute Gasteiger partial charge is 0.268 e. The summed E-state index contributed by atoms with van der Waals surface area (Å²) in [6.07, 6.45) is 2.15. The van der Waals surface area contributed by atoms with E-state index in [-0.39, 0.29) is 5.56 Å². The Labute approximate surface area is 180 Å². The molecule has 5 nitrogen and oxygen atoms in total. The summed E-state index contributed by atoms with van der Waals surface area (Å²) in [5, 5.41) is 4.98. The van der Waals surface area contributed by atoms with Gasteiger partial charge in [-0.15, -0.1) is 0 Å². The van der Waals surface area contributed by atoms with Crippen LogP contribution in [0, 0.1) is 13.8 Å². The van der Waals surface area contributed by atoms with Crippen LogP contribution in [0.5, 0.6) is 0 Å². The highest BCUT2D eigenvalue weighted by Gasteiger charge is 2.18. The maximum Gasteiger partial charge on any atom is 0.269 e. The lowest BCUT2D eigenvalue weighted by Crippen LogP contribution is -2.24. The Morgan fingerprint density at radius 3 is 2.23 bits per heavy atom. The maximum absolute atomic E-state index is 13.7. The quantitative estimate of drug-likeness (QED) is 0.432. The topological polar surface area (TPSA) is 52.7 Å². The van der Waals surface area contributed by atoms with Crippen LogP contribution in [0.1, 0.15) is 22.5 Å². The van der Waals surface area contributed by atoms with Crippen LogP contribution in [-0.2, 0) is 6.42 Å². The second kappa shape index (κ2) is 7.69. The minimum absolute atomic E-state index is 0.110. The van der Waals surface area contributed by atoms with Crippen molar-refractivity contribution in [2.24, 2.45) is 0 Å². The predicted octanol–water partition coefficient (Wildman–Crippen LogP) is 4.78. The summed E-state index contributed by atoms with van der Waals surface area (Å²) >= 11 is 0. The van der Waals surface area contributed by atoms with Gasteiger partial charge in [0.25, 0.3) is 5.56 Å². The van der Waals surface area contributed by atoms with Gasteiger partial charge in [-0.3, -0.25) is 9.36 Å². The average molecular weight is 406 g/mol. The van der Waals surface area contributed by atoms with Crippen LogP contribution in [0.2, 0.25) is 0 Å². The molecular formula is C26H22N4O. The fraction of sp³-hybridized carbons (Fsp3) is 0.115. The highest BCUT2D eigenvalue weighted by molar-refractivity contribution is 5.76. The first kappa shape index (κ1) is 19.0. The Morgan fingerprint density at radius 1 is 0.806 bits per heavy atom. The average Bonchev–Trinajstić information content (AvgIpc) is 3.22. The normalized spacial score (nSPS) is 11.2. The number of hydrogen-bond acceptors (Lipinski definition) is 3. The molecule has 2 aromatic heterocycles. The van der Waals surface area contributed by atoms with Crippen molar-refractivity contribution < 1.29 is 0 Å². The van der Waals surface area contributed by atoms with E-state index in [2.05, 4.69) is 31.1 Å². The molecule has 0 atom stereocenters. The largest absolute Gasteiger partial charge is 0.269 e. The molecule has 3 aromatic carbocycles. The lowest BCUT2D eigenvalue weighted by atomic mass is 10.1. The van der Waals surface area contributed by atoms with Crippen LogP contribution in [0.4, 0.5) is 0 Å². The van der Waals surface area contributed by atoms with E-state index in [9.17, 15) is 4.79 Å². The van der Waals surface area contributed by atoms with Crippen LogP contribution in [0.15, 0.2) is 89.9 Å². The van der Waals surface area contributed by atoms with Crippen molar-refractivity contribution in [2.45, 2.75) is 20.3 Å².